The van der Waals surface area contributed by atoms with Gasteiger partial charge in [-0.25, -0.2) is 13.6 Å². The molecule has 0 aliphatic carbocycles. The topological polar surface area (TPSA) is 60.0 Å². The molecule has 0 saturated heterocycles. The van der Waals surface area contributed by atoms with Crippen LogP contribution >= 0.6 is 12.2 Å². The predicted octanol–water partition coefficient (Wildman–Crippen LogP) is 4.01. The van der Waals surface area contributed by atoms with Crippen LogP contribution in [-0.2, 0) is 9.53 Å². The molecule has 6 nitrogen and oxygen atoms in total. The van der Waals surface area contributed by atoms with Crippen molar-refractivity contribution in [1.82, 2.24) is 5.32 Å². The molecule has 1 N–H and O–H groups in total. The number of hydrogen-bond acceptors (Lipinski definition) is 5. The van der Waals surface area contributed by atoms with Crippen molar-refractivity contribution in [3.63, 3.8) is 0 Å². The van der Waals surface area contributed by atoms with Crippen LogP contribution in [0.4, 0.5) is 14.5 Å². The quantitative estimate of drug-likeness (QED) is 0.563. The number of halogens is 2. The third-order valence-corrected chi connectivity index (χ3v) is 5.34. The summed E-state index contributed by atoms with van der Waals surface area (Å²) in [6, 6.07) is 7.56. The molecule has 0 bridgehead atoms. The molecule has 2 aliphatic heterocycles. The van der Waals surface area contributed by atoms with Gasteiger partial charge in [-0.3, -0.25) is 4.90 Å². The largest absolute Gasteiger partial charge is 0.486 e. The Morgan fingerprint density at radius 3 is 2.65 bits per heavy atom. The molecule has 1 atom stereocenters. The molecule has 0 saturated carbocycles. The van der Waals surface area contributed by atoms with Crippen molar-refractivity contribution in [2.24, 2.45) is 0 Å². The van der Waals surface area contributed by atoms with E-state index < -0.39 is 23.6 Å². The van der Waals surface area contributed by atoms with Crippen LogP contribution in [0, 0.1) is 11.6 Å². The SMILES string of the molecule is CCOC(=O)C1=C(C)N(c2ccc3c(c2)OCCO3)C(=S)N[C@@H]1c1ccc(F)cc1F. The van der Waals surface area contributed by atoms with Crippen LogP contribution < -0.4 is 19.7 Å². The minimum Gasteiger partial charge on any atom is -0.486 e. The maximum atomic E-state index is 14.6. The number of ether oxygens (including phenoxy) is 3. The lowest BCUT2D eigenvalue weighted by molar-refractivity contribution is -0.139. The molecule has 31 heavy (non-hydrogen) atoms. The van der Waals surface area contributed by atoms with Crippen molar-refractivity contribution in [1.29, 1.82) is 0 Å². The van der Waals surface area contributed by atoms with Gasteiger partial charge in [0.15, 0.2) is 16.6 Å². The summed E-state index contributed by atoms with van der Waals surface area (Å²) in [4.78, 5) is 14.5. The van der Waals surface area contributed by atoms with Crippen molar-refractivity contribution in [2.75, 3.05) is 24.7 Å². The highest BCUT2D eigenvalue weighted by molar-refractivity contribution is 7.80. The maximum absolute atomic E-state index is 14.6. The summed E-state index contributed by atoms with van der Waals surface area (Å²) in [5.41, 5.74) is 1.37. The molecule has 4 rings (SSSR count). The number of hydrogen-bond donors (Lipinski definition) is 1. The second-order valence-corrected chi connectivity index (χ2v) is 7.32. The monoisotopic (exact) mass is 446 g/mol. The molecule has 162 valence electrons. The van der Waals surface area contributed by atoms with Crippen LogP contribution in [0.5, 0.6) is 11.5 Å². The first kappa shape index (κ1) is 21.0. The average molecular weight is 446 g/mol. The Kier molecular flexibility index (Phi) is 5.77. The van der Waals surface area contributed by atoms with Gasteiger partial charge in [0.25, 0.3) is 0 Å². The minimum absolute atomic E-state index is 0.0907. The average Bonchev–Trinajstić information content (AvgIpc) is 2.73. The number of esters is 1. The summed E-state index contributed by atoms with van der Waals surface area (Å²) in [6.07, 6.45) is 0. The smallest absolute Gasteiger partial charge is 0.338 e. The number of allylic oxidation sites excluding steroid dienone is 1. The number of nitrogens with zero attached hydrogens (tertiary/aromatic N) is 1. The Morgan fingerprint density at radius 2 is 1.94 bits per heavy atom. The fraction of sp³-hybridized carbons (Fsp3) is 0.273. The summed E-state index contributed by atoms with van der Waals surface area (Å²) in [5, 5.41) is 3.25. The third-order valence-electron chi connectivity index (χ3n) is 5.04. The Hall–Kier alpha value is -3.20. The van der Waals surface area contributed by atoms with Crippen molar-refractivity contribution >= 4 is 29.0 Å². The second kappa shape index (κ2) is 8.50. The van der Waals surface area contributed by atoms with E-state index in [-0.39, 0.29) is 22.9 Å². The Labute approximate surface area is 183 Å². The van der Waals surface area contributed by atoms with Gasteiger partial charge < -0.3 is 19.5 Å². The van der Waals surface area contributed by atoms with Crippen LogP contribution in [0.15, 0.2) is 47.7 Å². The van der Waals surface area contributed by atoms with Crippen LogP contribution in [0.3, 0.4) is 0 Å². The molecular weight excluding hydrogens is 426 g/mol. The fourth-order valence-corrected chi connectivity index (χ4v) is 4.03. The van der Waals surface area contributed by atoms with Crippen LogP contribution in [0.25, 0.3) is 0 Å². The molecule has 0 amide bonds. The summed E-state index contributed by atoms with van der Waals surface area (Å²) in [7, 11) is 0. The van der Waals surface area contributed by atoms with Crippen LogP contribution in [0.1, 0.15) is 25.5 Å². The third kappa shape index (κ3) is 3.93. The highest BCUT2D eigenvalue weighted by Crippen LogP contribution is 2.39. The fourth-order valence-electron chi connectivity index (χ4n) is 3.67. The zero-order valence-electron chi connectivity index (χ0n) is 16.9. The molecule has 9 heteroatoms. The van der Waals surface area contributed by atoms with Crippen molar-refractivity contribution in [3.8, 4) is 11.5 Å². The lowest BCUT2D eigenvalue weighted by Gasteiger charge is -2.37. The standard InChI is InChI=1S/C22H20F2N2O4S/c1-3-28-21(27)19-12(2)26(14-5-7-17-18(11-14)30-9-8-29-17)22(31)25-20(19)15-6-4-13(23)10-16(15)24/h4-7,10-11,20H,3,8-9H2,1-2H3,(H,25,31)/t20-/m1/s1. The molecule has 2 aliphatic rings. The number of benzene rings is 2. The number of carbonyl (C=O) groups excluding carboxylic acids is 1. The Bertz CT molecular complexity index is 1090. The first-order valence-corrected chi connectivity index (χ1v) is 10.1. The van der Waals surface area contributed by atoms with Gasteiger partial charge in [0.05, 0.1) is 23.9 Å². The molecule has 2 aromatic carbocycles. The molecule has 0 fully saturated rings. The summed E-state index contributed by atoms with van der Waals surface area (Å²) < 4.78 is 44.5. The van der Waals surface area contributed by atoms with E-state index in [0.29, 0.717) is 36.1 Å². The van der Waals surface area contributed by atoms with E-state index >= 15 is 0 Å². The first-order valence-electron chi connectivity index (χ1n) is 9.73. The Morgan fingerprint density at radius 1 is 1.19 bits per heavy atom. The number of fused-ring (bicyclic) bond motifs is 1. The van der Waals surface area contributed by atoms with Gasteiger partial charge in [0, 0.05) is 23.4 Å². The van der Waals surface area contributed by atoms with Gasteiger partial charge in [-0.1, -0.05) is 6.07 Å². The molecule has 0 radical (unpaired) electrons. The molecular formula is C22H20F2N2O4S. The normalized spacial score (nSPS) is 18.0. The number of carbonyl (C=O) groups is 1. The zero-order valence-corrected chi connectivity index (χ0v) is 17.7. The Balaban J connectivity index is 1.82. The van der Waals surface area contributed by atoms with Crippen molar-refractivity contribution in [2.45, 2.75) is 19.9 Å². The number of thiocarbonyl (C=S) groups is 1. The summed E-state index contributed by atoms with van der Waals surface area (Å²) >= 11 is 5.55. The second-order valence-electron chi connectivity index (χ2n) is 6.93. The van der Waals surface area contributed by atoms with Gasteiger partial charge in [0.1, 0.15) is 24.8 Å². The molecule has 2 heterocycles. The maximum Gasteiger partial charge on any atom is 0.338 e. The van der Waals surface area contributed by atoms with Crippen molar-refractivity contribution < 1.29 is 27.8 Å². The predicted molar refractivity (Wildman–Crippen MR) is 114 cm³/mol. The van der Waals surface area contributed by atoms with E-state index in [4.69, 9.17) is 26.4 Å². The minimum atomic E-state index is -0.930. The van der Waals surface area contributed by atoms with Gasteiger partial charge in [0.2, 0.25) is 0 Å². The van der Waals surface area contributed by atoms with Gasteiger partial charge in [-0.2, -0.15) is 0 Å². The van der Waals surface area contributed by atoms with E-state index in [1.54, 1.807) is 36.9 Å². The number of anilines is 1. The molecule has 0 spiro atoms. The van der Waals surface area contributed by atoms with E-state index in [9.17, 15) is 13.6 Å². The van der Waals surface area contributed by atoms with E-state index in [2.05, 4.69) is 5.32 Å². The lowest BCUT2D eigenvalue weighted by Crippen LogP contribution is -2.48. The molecule has 0 unspecified atom stereocenters. The van der Waals surface area contributed by atoms with Gasteiger partial charge in [-0.15, -0.1) is 0 Å². The lowest BCUT2D eigenvalue weighted by atomic mass is 9.94. The van der Waals surface area contributed by atoms with E-state index in [1.807, 2.05) is 0 Å². The number of rotatable bonds is 4. The molecule has 0 aromatic heterocycles. The van der Waals surface area contributed by atoms with Gasteiger partial charge >= 0.3 is 5.97 Å². The zero-order chi connectivity index (χ0) is 22.1. The number of nitrogens with one attached hydrogen (secondary N) is 1. The highest BCUT2D eigenvalue weighted by Gasteiger charge is 2.37. The van der Waals surface area contributed by atoms with Crippen molar-refractivity contribution in [3.05, 3.63) is 64.9 Å². The molecule has 2 aromatic rings. The van der Waals surface area contributed by atoms with Crippen LogP contribution in [-0.4, -0.2) is 30.9 Å². The summed E-state index contributed by atoms with van der Waals surface area (Å²) in [6.45, 7) is 4.41. The first-order chi connectivity index (χ1) is 14.9. The van der Waals surface area contributed by atoms with Gasteiger partial charge in [-0.05, 0) is 44.3 Å². The highest BCUT2D eigenvalue weighted by atomic mass is 32.1. The van der Waals surface area contributed by atoms with E-state index in [1.165, 1.54) is 6.07 Å². The summed E-state index contributed by atoms with van der Waals surface area (Å²) in [5.74, 6) is -0.946. The van der Waals surface area contributed by atoms with Crippen LogP contribution in [0.2, 0.25) is 0 Å². The van der Waals surface area contributed by atoms with E-state index in [0.717, 1.165) is 12.1 Å².